The second-order valence-corrected chi connectivity index (χ2v) is 9.22. The summed E-state index contributed by atoms with van der Waals surface area (Å²) in [6, 6.07) is 18.3. The SMILES string of the molecule is CC(=O)OCC1=C(C(=O)O)N2C(=O)[C@@](N)(OCC(=O)OC(c3ccccc3)c3ccccc3)[C@H]2SC1. The summed E-state index contributed by atoms with van der Waals surface area (Å²) in [7, 11) is 0. The van der Waals surface area contributed by atoms with Crippen LogP contribution in [0.25, 0.3) is 0 Å². The largest absolute Gasteiger partial charge is 0.477 e. The Morgan fingerprint density at radius 2 is 1.69 bits per heavy atom. The number of carbonyl (C=O) groups excluding carboxylic acids is 3. The van der Waals surface area contributed by atoms with Crippen LogP contribution in [0.4, 0.5) is 0 Å². The van der Waals surface area contributed by atoms with Crippen LogP contribution >= 0.6 is 11.8 Å². The molecule has 1 fully saturated rings. The van der Waals surface area contributed by atoms with Gasteiger partial charge in [0, 0.05) is 18.2 Å². The lowest BCUT2D eigenvalue weighted by molar-refractivity contribution is -0.194. The van der Waals surface area contributed by atoms with Crippen LogP contribution in [0.1, 0.15) is 24.2 Å². The Morgan fingerprint density at radius 3 is 2.22 bits per heavy atom. The number of nitrogens with zero attached hydrogens (tertiary/aromatic N) is 1. The molecular weight excluding hydrogens is 488 g/mol. The first kappa shape index (κ1) is 25.4. The average molecular weight is 513 g/mol. The maximum Gasteiger partial charge on any atom is 0.352 e. The third-order valence-electron chi connectivity index (χ3n) is 5.68. The van der Waals surface area contributed by atoms with E-state index < -0.39 is 47.6 Å². The Bertz CT molecular complexity index is 1160. The minimum atomic E-state index is -1.91. The molecule has 36 heavy (non-hydrogen) atoms. The number of nitrogens with two attached hydrogens (primary N) is 1. The zero-order chi connectivity index (χ0) is 25.9. The predicted molar refractivity (Wildman–Crippen MR) is 128 cm³/mol. The summed E-state index contributed by atoms with van der Waals surface area (Å²) >= 11 is 1.15. The first-order valence-corrected chi connectivity index (χ1v) is 12.0. The van der Waals surface area contributed by atoms with E-state index in [-0.39, 0.29) is 23.6 Å². The molecule has 0 radical (unpaired) electrons. The molecule has 1 amide bonds. The molecule has 2 aliphatic rings. The summed E-state index contributed by atoms with van der Waals surface area (Å²) in [6.07, 6.45) is -0.694. The molecule has 3 N–H and O–H groups in total. The monoisotopic (exact) mass is 512 g/mol. The van der Waals surface area contributed by atoms with E-state index in [1.165, 1.54) is 6.92 Å². The predicted octanol–water partition coefficient (Wildman–Crippen LogP) is 1.81. The first-order chi connectivity index (χ1) is 17.2. The molecule has 2 atom stereocenters. The molecule has 2 heterocycles. The van der Waals surface area contributed by atoms with Crippen molar-refractivity contribution in [1.29, 1.82) is 0 Å². The van der Waals surface area contributed by atoms with Gasteiger partial charge >= 0.3 is 17.9 Å². The van der Waals surface area contributed by atoms with Gasteiger partial charge in [0.2, 0.25) is 5.72 Å². The summed E-state index contributed by atoms with van der Waals surface area (Å²) in [5, 5.41) is 8.79. The lowest BCUT2D eigenvalue weighted by Gasteiger charge is -2.54. The highest BCUT2D eigenvalue weighted by Gasteiger charge is 2.64. The highest BCUT2D eigenvalue weighted by molar-refractivity contribution is 8.00. The molecule has 0 bridgehead atoms. The smallest absolute Gasteiger partial charge is 0.352 e. The minimum Gasteiger partial charge on any atom is -0.477 e. The maximum atomic E-state index is 12.9. The number of rotatable bonds is 9. The zero-order valence-corrected chi connectivity index (χ0v) is 20.1. The van der Waals surface area contributed by atoms with Crippen LogP contribution < -0.4 is 5.73 Å². The van der Waals surface area contributed by atoms with E-state index in [0.29, 0.717) is 0 Å². The van der Waals surface area contributed by atoms with Gasteiger partial charge in [0.25, 0.3) is 5.91 Å². The first-order valence-electron chi connectivity index (χ1n) is 11.0. The molecule has 0 aromatic heterocycles. The molecule has 2 aliphatic heterocycles. The lowest BCUT2D eigenvalue weighted by atomic mass is 9.99. The number of carboxylic acid groups (broad SMARTS) is 1. The van der Waals surface area contributed by atoms with Crippen molar-refractivity contribution in [1.82, 2.24) is 4.90 Å². The number of hydrogen-bond acceptors (Lipinski definition) is 9. The van der Waals surface area contributed by atoms with Crippen LogP contribution in [0.3, 0.4) is 0 Å². The second-order valence-electron chi connectivity index (χ2n) is 8.15. The topological polar surface area (TPSA) is 145 Å². The summed E-state index contributed by atoms with van der Waals surface area (Å²) < 4.78 is 16.1. The Labute approximate surface area is 211 Å². The number of carbonyl (C=O) groups is 4. The normalized spacial score (nSPS) is 21.0. The van der Waals surface area contributed by atoms with Crippen molar-refractivity contribution < 1.29 is 38.5 Å². The van der Waals surface area contributed by atoms with E-state index in [9.17, 15) is 24.3 Å². The second kappa shape index (κ2) is 10.5. The number of aliphatic carboxylic acids is 1. The quantitative estimate of drug-likeness (QED) is 0.290. The van der Waals surface area contributed by atoms with Crippen molar-refractivity contribution in [3.63, 3.8) is 0 Å². The van der Waals surface area contributed by atoms with Crippen LogP contribution in [-0.2, 0) is 33.4 Å². The van der Waals surface area contributed by atoms with Gasteiger partial charge in [-0.15, -0.1) is 11.8 Å². The third kappa shape index (κ3) is 4.99. The van der Waals surface area contributed by atoms with E-state index in [4.69, 9.17) is 19.9 Å². The van der Waals surface area contributed by atoms with Crippen molar-refractivity contribution in [3.8, 4) is 0 Å². The van der Waals surface area contributed by atoms with E-state index in [1.807, 2.05) is 60.7 Å². The number of amides is 1. The highest BCUT2D eigenvalue weighted by Crippen LogP contribution is 2.45. The van der Waals surface area contributed by atoms with Gasteiger partial charge in [0.15, 0.2) is 6.10 Å². The van der Waals surface area contributed by atoms with Crippen LogP contribution in [0, 0.1) is 0 Å². The fourth-order valence-corrected chi connectivity index (χ4v) is 5.32. The molecule has 0 aliphatic carbocycles. The number of esters is 2. The number of β-lactam (4-membered cyclic amide) rings is 1. The zero-order valence-electron chi connectivity index (χ0n) is 19.3. The number of ether oxygens (including phenoxy) is 3. The van der Waals surface area contributed by atoms with Crippen LogP contribution in [-0.4, -0.2) is 63.9 Å². The lowest BCUT2D eigenvalue weighted by Crippen LogP contribution is -2.79. The number of hydrogen-bond donors (Lipinski definition) is 2. The van der Waals surface area contributed by atoms with Crippen molar-refractivity contribution >= 4 is 35.6 Å². The molecule has 10 nitrogen and oxygen atoms in total. The Kier molecular flexibility index (Phi) is 7.43. The van der Waals surface area contributed by atoms with Gasteiger partial charge in [-0.05, 0) is 11.1 Å². The molecule has 0 saturated carbocycles. The minimum absolute atomic E-state index is 0.153. The summed E-state index contributed by atoms with van der Waals surface area (Å²) in [5.74, 6) is -3.33. The average Bonchev–Trinajstić information content (AvgIpc) is 2.89. The fraction of sp³-hybridized carbons (Fsp3) is 0.280. The van der Waals surface area contributed by atoms with Gasteiger partial charge in [0.1, 0.15) is 24.3 Å². The highest BCUT2D eigenvalue weighted by atomic mass is 32.2. The number of fused-ring (bicyclic) bond motifs is 1. The molecule has 0 unspecified atom stereocenters. The van der Waals surface area contributed by atoms with Crippen molar-refractivity contribution in [2.45, 2.75) is 24.1 Å². The molecular formula is C25H24N2O8S. The molecule has 2 aromatic carbocycles. The summed E-state index contributed by atoms with van der Waals surface area (Å²) in [6.45, 7) is 0.327. The number of benzene rings is 2. The van der Waals surface area contributed by atoms with E-state index >= 15 is 0 Å². The molecule has 188 valence electrons. The number of carboxylic acids is 1. The van der Waals surface area contributed by atoms with Crippen LogP contribution in [0.2, 0.25) is 0 Å². The van der Waals surface area contributed by atoms with Gasteiger partial charge in [0.05, 0.1) is 0 Å². The standard InChI is InChI=1S/C25H24N2O8S/c1-15(28)33-12-18-14-36-24-25(26,23(32)27(24)20(18)22(30)31)34-13-19(29)35-21(16-8-4-2-5-9-16)17-10-6-3-7-11-17/h2-11,21,24H,12-14,26H2,1H3,(H,30,31)/t24-,25-/m1/s1. The fourth-order valence-electron chi connectivity index (χ4n) is 3.98. The summed E-state index contributed by atoms with van der Waals surface area (Å²) in [4.78, 5) is 49.6. The molecule has 1 saturated heterocycles. The van der Waals surface area contributed by atoms with Crippen molar-refractivity contribution in [2.24, 2.45) is 5.73 Å². The summed E-state index contributed by atoms with van der Waals surface area (Å²) in [5.41, 5.74) is 5.75. The van der Waals surface area contributed by atoms with Crippen molar-refractivity contribution in [3.05, 3.63) is 83.1 Å². The third-order valence-corrected chi connectivity index (χ3v) is 7.07. The Balaban J connectivity index is 1.45. The van der Waals surface area contributed by atoms with Gasteiger partial charge in [-0.3, -0.25) is 20.2 Å². The van der Waals surface area contributed by atoms with Gasteiger partial charge in [-0.2, -0.15) is 0 Å². The Hall–Kier alpha value is -3.67. The van der Waals surface area contributed by atoms with E-state index in [1.54, 1.807) is 0 Å². The molecule has 0 spiro atoms. The van der Waals surface area contributed by atoms with Gasteiger partial charge in [-0.25, -0.2) is 9.59 Å². The molecule has 2 aromatic rings. The van der Waals surface area contributed by atoms with Crippen LogP contribution in [0.15, 0.2) is 71.9 Å². The van der Waals surface area contributed by atoms with E-state index in [2.05, 4.69) is 0 Å². The van der Waals surface area contributed by atoms with Crippen LogP contribution in [0.5, 0.6) is 0 Å². The van der Waals surface area contributed by atoms with Crippen molar-refractivity contribution in [2.75, 3.05) is 19.0 Å². The van der Waals surface area contributed by atoms with Gasteiger partial charge in [-0.1, -0.05) is 60.7 Å². The number of thioether (sulfide) groups is 1. The van der Waals surface area contributed by atoms with Gasteiger partial charge < -0.3 is 19.3 Å². The Morgan fingerprint density at radius 1 is 1.11 bits per heavy atom. The van der Waals surface area contributed by atoms with E-state index in [0.717, 1.165) is 27.8 Å². The molecule has 4 rings (SSSR count). The molecule has 11 heteroatoms. The maximum absolute atomic E-state index is 12.9.